The second-order valence-electron chi connectivity index (χ2n) is 6.23. The number of halogens is 1. The molecule has 7 heteroatoms. The first-order chi connectivity index (χ1) is 12.5. The van der Waals surface area contributed by atoms with Gasteiger partial charge in [-0.3, -0.25) is 0 Å². The number of rotatable bonds is 3. The van der Waals surface area contributed by atoms with Gasteiger partial charge in [0.25, 0.3) is 0 Å². The van der Waals surface area contributed by atoms with Crippen LogP contribution in [0.25, 0.3) is 22.7 Å². The van der Waals surface area contributed by atoms with E-state index in [0.29, 0.717) is 30.2 Å². The van der Waals surface area contributed by atoms with Crippen LogP contribution in [-0.2, 0) is 9.84 Å². The van der Waals surface area contributed by atoms with Crippen LogP contribution in [0.5, 0.6) is 0 Å². The molecule has 1 saturated heterocycles. The first-order valence-corrected chi connectivity index (χ1v) is 10.1. The largest absolute Gasteiger partial charge is 0.444 e. The molecule has 1 fully saturated rings. The summed E-state index contributed by atoms with van der Waals surface area (Å²) in [7, 11) is -2.89. The van der Waals surface area contributed by atoms with Gasteiger partial charge in [0.05, 0.1) is 11.5 Å². The zero-order chi connectivity index (χ0) is 18.1. The van der Waals surface area contributed by atoms with Crippen molar-refractivity contribution in [1.82, 2.24) is 4.98 Å². The fraction of sp³-hybridized carbons (Fsp3) is 0.211. The van der Waals surface area contributed by atoms with Crippen molar-refractivity contribution in [3.8, 4) is 22.7 Å². The van der Waals surface area contributed by atoms with Crippen molar-refractivity contribution < 1.29 is 17.2 Å². The van der Waals surface area contributed by atoms with E-state index in [1.54, 1.807) is 18.4 Å². The number of oxazole rings is 1. The minimum absolute atomic E-state index is 0.194. The maximum atomic E-state index is 13.0. The molecule has 3 aromatic rings. The average Bonchev–Trinajstić information content (AvgIpc) is 3.13. The van der Waals surface area contributed by atoms with Crippen LogP contribution in [0.4, 0.5) is 10.1 Å². The second-order valence-corrected chi connectivity index (χ2v) is 8.53. The summed E-state index contributed by atoms with van der Waals surface area (Å²) in [6.07, 6.45) is 1.57. The van der Waals surface area contributed by atoms with Crippen molar-refractivity contribution >= 4 is 15.5 Å². The third-order valence-corrected chi connectivity index (χ3v) is 6.08. The number of anilines is 1. The van der Waals surface area contributed by atoms with Crippen molar-refractivity contribution in [3.63, 3.8) is 0 Å². The van der Waals surface area contributed by atoms with Crippen LogP contribution in [-0.4, -0.2) is 38.0 Å². The molecule has 0 saturated carbocycles. The van der Waals surface area contributed by atoms with Crippen LogP contribution >= 0.6 is 0 Å². The molecule has 2 heterocycles. The van der Waals surface area contributed by atoms with Gasteiger partial charge in [-0.15, -0.1) is 0 Å². The van der Waals surface area contributed by atoms with Gasteiger partial charge in [-0.25, -0.2) is 17.8 Å². The second kappa shape index (κ2) is 6.57. The van der Waals surface area contributed by atoms with Crippen molar-refractivity contribution in [1.29, 1.82) is 0 Å². The smallest absolute Gasteiger partial charge is 0.226 e. The lowest BCUT2D eigenvalue weighted by atomic mass is 10.1. The van der Waals surface area contributed by atoms with Gasteiger partial charge in [0.2, 0.25) is 5.89 Å². The Bertz CT molecular complexity index is 998. The zero-order valence-corrected chi connectivity index (χ0v) is 14.7. The lowest BCUT2D eigenvalue weighted by molar-refractivity contribution is 0.574. The monoisotopic (exact) mass is 372 g/mol. The van der Waals surface area contributed by atoms with Crippen molar-refractivity contribution in [3.05, 3.63) is 60.6 Å². The van der Waals surface area contributed by atoms with E-state index in [4.69, 9.17) is 4.42 Å². The molecule has 5 nitrogen and oxygen atoms in total. The third kappa shape index (κ3) is 3.48. The SMILES string of the molecule is O=S1(=O)CCN(c2ccc(-c3coc(-c4ccc(F)cc4)n3)cc2)CC1. The van der Waals surface area contributed by atoms with Crippen LogP contribution in [0, 0.1) is 5.82 Å². The maximum Gasteiger partial charge on any atom is 0.226 e. The van der Waals surface area contributed by atoms with Gasteiger partial charge in [0, 0.05) is 29.9 Å². The Labute approximate surface area is 151 Å². The Kier molecular flexibility index (Phi) is 4.24. The molecule has 0 aliphatic carbocycles. The van der Waals surface area contributed by atoms with Crippen LogP contribution in [0.3, 0.4) is 0 Å². The van der Waals surface area contributed by atoms with E-state index in [1.807, 2.05) is 24.3 Å². The molecule has 2 aromatic carbocycles. The quantitative estimate of drug-likeness (QED) is 0.705. The number of aromatic nitrogens is 1. The molecule has 0 unspecified atom stereocenters. The molecule has 0 atom stereocenters. The molecule has 1 aliphatic heterocycles. The summed E-state index contributed by atoms with van der Waals surface area (Å²) < 4.78 is 41.6. The van der Waals surface area contributed by atoms with Gasteiger partial charge in [-0.1, -0.05) is 12.1 Å². The Morgan fingerprint density at radius 1 is 0.923 bits per heavy atom. The highest BCUT2D eigenvalue weighted by Gasteiger charge is 2.21. The van der Waals surface area contributed by atoms with Gasteiger partial charge >= 0.3 is 0 Å². The predicted octanol–water partition coefficient (Wildman–Crippen LogP) is 3.38. The molecule has 134 valence electrons. The molecular formula is C19H17FN2O3S. The number of sulfone groups is 1. The highest BCUT2D eigenvalue weighted by atomic mass is 32.2. The standard InChI is InChI=1S/C19H17FN2O3S/c20-16-5-1-15(2-6-16)19-21-18(13-25-19)14-3-7-17(8-4-14)22-9-11-26(23,24)12-10-22/h1-8,13H,9-12H2. The summed E-state index contributed by atoms with van der Waals surface area (Å²) in [4.78, 5) is 6.53. The minimum atomic E-state index is -2.89. The summed E-state index contributed by atoms with van der Waals surface area (Å²) >= 11 is 0. The van der Waals surface area contributed by atoms with Gasteiger partial charge in [0.1, 0.15) is 17.8 Å². The molecule has 1 aromatic heterocycles. The van der Waals surface area contributed by atoms with Crippen LogP contribution < -0.4 is 4.90 Å². The molecule has 26 heavy (non-hydrogen) atoms. The Morgan fingerprint density at radius 3 is 2.19 bits per heavy atom. The average molecular weight is 372 g/mol. The fourth-order valence-corrected chi connectivity index (χ4v) is 4.15. The molecule has 1 aliphatic rings. The highest BCUT2D eigenvalue weighted by molar-refractivity contribution is 7.91. The Morgan fingerprint density at radius 2 is 1.54 bits per heavy atom. The number of hydrogen-bond acceptors (Lipinski definition) is 5. The molecular weight excluding hydrogens is 355 g/mol. The molecule has 0 amide bonds. The molecule has 4 rings (SSSR count). The fourth-order valence-electron chi connectivity index (χ4n) is 2.95. The summed E-state index contributed by atoms with van der Waals surface area (Å²) in [6, 6.07) is 13.8. The van der Waals surface area contributed by atoms with E-state index < -0.39 is 9.84 Å². The van der Waals surface area contributed by atoms with Crippen LogP contribution in [0.15, 0.2) is 59.2 Å². The van der Waals surface area contributed by atoms with E-state index in [-0.39, 0.29) is 17.3 Å². The normalized spacial score (nSPS) is 16.6. The van der Waals surface area contributed by atoms with Gasteiger partial charge < -0.3 is 9.32 Å². The molecule has 0 bridgehead atoms. The summed E-state index contributed by atoms with van der Waals surface area (Å²) in [6.45, 7) is 1.03. The van der Waals surface area contributed by atoms with Crippen molar-refractivity contribution in [2.24, 2.45) is 0 Å². The Hall–Kier alpha value is -2.67. The van der Waals surface area contributed by atoms with Gasteiger partial charge in [0.15, 0.2) is 9.84 Å². The minimum Gasteiger partial charge on any atom is -0.444 e. The topological polar surface area (TPSA) is 63.4 Å². The summed E-state index contributed by atoms with van der Waals surface area (Å²) in [5.74, 6) is 0.518. The number of benzene rings is 2. The molecule has 0 radical (unpaired) electrons. The lowest BCUT2D eigenvalue weighted by Crippen LogP contribution is -2.40. The summed E-state index contributed by atoms with van der Waals surface area (Å²) in [5, 5.41) is 0. The van der Waals surface area contributed by atoms with Crippen LogP contribution in [0.2, 0.25) is 0 Å². The zero-order valence-electron chi connectivity index (χ0n) is 13.9. The van der Waals surface area contributed by atoms with Gasteiger partial charge in [-0.2, -0.15) is 0 Å². The van der Waals surface area contributed by atoms with E-state index in [2.05, 4.69) is 9.88 Å². The number of nitrogens with zero attached hydrogens (tertiary/aromatic N) is 2. The molecule has 0 N–H and O–H groups in total. The maximum absolute atomic E-state index is 13.0. The third-order valence-electron chi connectivity index (χ3n) is 4.47. The van der Waals surface area contributed by atoms with E-state index in [0.717, 1.165) is 11.3 Å². The van der Waals surface area contributed by atoms with Gasteiger partial charge in [-0.05, 0) is 36.4 Å². The molecule has 0 spiro atoms. The first kappa shape index (κ1) is 16.8. The van der Waals surface area contributed by atoms with E-state index >= 15 is 0 Å². The first-order valence-electron chi connectivity index (χ1n) is 8.27. The van der Waals surface area contributed by atoms with Crippen molar-refractivity contribution in [2.45, 2.75) is 0 Å². The lowest BCUT2D eigenvalue weighted by Gasteiger charge is -2.28. The predicted molar refractivity (Wildman–Crippen MR) is 98.2 cm³/mol. The van der Waals surface area contributed by atoms with Crippen molar-refractivity contribution in [2.75, 3.05) is 29.5 Å². The van der Waals surface area contributed by atoms with Crippen LogP contribution in [0.1, 0.15) is 0 Å². The van der Waals surface area contributed by atoms with E-state index in [1.165, 1.54) is 12.1 Å². The summed E-state index contributed by atoms with van der Waals surface area (Å²) in [5.41, 5.74) is 3.29. The number of hydrogen-bond donors (Lipinski definition) is 0. The van der Waals surface area contributed by atoms with E-state index in [9.17, 15) is 12.8 Å². The Balaban J connectivity index is 1.51. The highest BCUT2D eigenvalue weighted by Crippen LogP contribution is 2.27.